The quantitative estimate of drug-likeness (QED) is 0.705. The van der Waals surface area contributed by atoms with Gasteiger partial charge in [0, 0.05) is 25.0 Å². The zero-order valence-corrected chi connectivity index (χ0v) is 15.5. The first-order valence-electron chi connectivity index (χ1n) is 9.03. The van der Waals surface area contributed by atoms with Crippen LogP contribution in [-0.2, 0) is 10.9 Å². The Morgan fingerprint density at radius 2 is 1.83 bits per heavy atom. The van der Waals surface area contributed by atoms with Gasteiger partial charge >= 0.3 is 6.18 Å². The van der Waals surface area contributed by atoms with E-state index < -0.39 is 17.8 Å². The van der Waals surface area contributed by atoms with Gasteiger partial charge in [0.1, 0.15) is 11.4 Å². The van der Waals surface area contributed by atoms with Crippen LogP contribution in [0.3, 0.4) is 0 Å². The predicted octanol–water partition coefficient (Wildman–Crippen LogP) is 2.47. The molecule has 156 valence electrons. The van der Waals surface area contributed by atoms with Crippen molar-refractivity contribution in [2.24, 2.45) is 0 Å². The fourth-order valence-electron chi connectivity index (χ4n) is 3.02. The number of amides is 2. The van der Waals surface area contributed by atoms with Gasteiger partial charge in [-0.05, 0) is 30.3 Å². The maximum Gasteiger partial charge on any atom is 0.433 e. The molecular weight excluding hydrogens is 403 g/mol. The van der Waals surface area contributed by atoms with Crippen molar-refractivity contribution in [3.05, 3.63) is 59.7 Å². The Kier molecular flexibility index (Phi) is 5.12. The van der Waals surface area contributed by atoms with Crippen LogP contribution < -0.4 is 5.32 Å². The number of anilines is 1. The molecule has 0 spiro atoms. The van der Waals surface area contributed by atoms with Gasteiger partial charge in [-0.15, -0.1) is 0 Å². The number of carbonyl (C=O) groups is 2. The Morgan fingerprint density at radius 3 is 2.57 bits per heavy atom. The number of hydrogen-bond acceptors (Lipinski definition) is 5. The molecule has 0 unspecified atom stereocenters. The minimum Gasteiger partial charge on any atom is -0.378 e. The Bertz CT molecular complexity index is 1110. The number of hydrogen-bond donors (Lipinski definition) is 1. The molecule has 4 heterocycles. The second-order valence-electron chi connectivity index (χ2n) is 6.58. The van der Waals surface area contributed by atoms with Crippen LogP contribution in [0, 0.1) is 0 Å². The SMILES string of the molecule is O=C(Nc1ccn2nc(C(=O)N3CCOCC3)cc2c1)c1cccc(C(F)(F)F)n1. The highest BCUT2D eigenvalue weighted by atomic mass is 19.4. The second-order valence-corrected chi connectivity index (χ2v) is 6.58. The topological polar surface area (TPSA) is 88.8 Å². The molecule has 2 amide bonds. The van der Waals surface area contributed by atoms with E-state index >= 15 is 0 Å². The third kappa shape index (κ3) is 4.10. The lowest BCUT2D eigenvalue weighted by atomic mass is 10.2. The fourth-order valence-corrected chi connectivity index (χ4v) is 3.02. The van der Waals surface area contributed by atoms with E-state index in [4.69, 9.17) is 4.74 Å². The summed E-state index contributed by atoms with van der Waals surface area (Å²) in [4.78, 5) is 29.9. The number of halogens is 3. The Labute approximate surface area is 168 Å². The molecule has 3 aromatic rings. The van der Waals surface area contributed by atoms with Gasteiger partial charge < -0.3 is 15.0 Å². The molecule has 1 fully saturated rings. The lowest BCUT2D eigenvalue weighted by Crippen LogP contribution is -2.40. The molecule has 0 aliphatic carbocycles. The first-order chi connectivity index (χ1) is 14.3. The first kappa shape index (κ1) is 19.8. The van der Waals surface area contributed by atoms with Crippen molar-refractivity contribution in [3.63, 3.8) is 0 Å². The molecule has 1 aliphatic rings. The molecule has 0 saturated carbocycles. The van der Waals surface area contributed by atoms with Crippen LogP contribution >= 0.6 is 0 Å². The van der Waals surface area contributed by atoms with Crippen LogP contribution in [0.1, 0.15) is 26.7 Å². The van der Waals surface area contributed by atoms with Gasteiger partial charge in [-0.3, -0.25) is 9.59 Å². The highest BCUT2D eigenvalue weighted by Gasteiger charge is 2.33. The summed E-state index contributed by atoms with van der Waals surface area (Å²) in [6, 6.07) is 7.77. The molecule has 0 aromatic carbocycles. The van der Waals surface area contributed by atoms with E-state index in [0.717, 1.165) is 12.1 Å². The van der Waals surface area contributed by atoms with Crippen LogP contribution in [0.15, 0.2) is 42.6 Å². The zero-order valence-electron chi connectivity index (χ0n) is 15.5. The number of aromatic nitrogens is 3. The molecule has 1 saturated heterocycles. The van der Waals surface area contributed by atoms with E-state index in [2.05, 4.69) is 15.4 Å². The number of alkyl halides is 3. The summed E-state index contributed by atoms with van der Waals surface area (Å²) in [5, 5.41) is 6.75. The van der Waals surface area contributed by atoms with Gasteiger partial charge in [0.15, 0.2) is 5.69 Å². The molecular formula is C19H16F3N5O3. The van der Waals surface area contributed by atoms with Crippen LogP contribution in [0.2, 0.25) is 0 Å². The summed E-state index contributed by atoms with van der Waals surface area (Å²) < 4.78 is 45.1. The van der Waals surface area contributed by atoms with Crippen molar-refractivity contribution in [2.75, 3.05) is 31.6 Å². The third-order valence-electron chi connectivity index (χ3n) is 4.51. The molecule has 11 heteroatoms. The van der Waals surface area contributed by atoms with E-state index in [1.165, 1.54) is 16.6 Å². The first-order valence-corrected chi connectivity index (χ1v) is 9.03. The average molecular weight is 419 g/mol. The lowest BCUT2D eigenvalue weighted by molar-refractivity contribution is -0.141. The Hall–Kier alpha value is -3.47. The number of fused-ring (bicyclic) bond motifs is 1. The molecule has 1 N–H and O–H groups in total. The average Bonchev–Trinajstić information content (AvgIpc) is 3.16. The van der Waals surface area contributed by atoms with Crippen molar-refractivity contribution >= 4 is 23.0 Å². The highest BCUT2D eigenvalue weighted by molar-refractivity contribution is 6.03. The minimum absolute atomic E-state index is 0.222. The monoisotopic (exact) mass is 419 g/mol. The number of carbonyl (C=O) groups excluding carboxylic acids is 2. The van der Waals surface area contributed by atoms with Gasteiger partial charge in [0.05, 0.1) is 18.7 Å². The Morgan fingerprint density at radius 1 is 1.07 bits per heavy atom. The molecule has 8 nitrogen and oxygen atoms in total. The van der Waals surface area contributed by atoms with Crippen LogP contribution in [0.5, 0.6) is 0 Å². The molecule has 0 bridgehead atoms. The van der Waals surface area contributed by atoms with E-state index in [1.54, 1.807) is 23.2 Å². The van der Waals surface area contributed by atoms with Crippen LogP contribution in [-0.4, -0.2) is 57.6 Å². The fraction of sp³-hybridized carbons (Fsp3) is 0.263. The van der Waals surface area contributed by atoms with Crippen molar-refractivity contribution in [3.8, 4) is 0 Å². The molecule has 4 rings (SSSR count). The lowest BCUT2D eigenvalue weighted by Gasteiger charge is -2.25. The van der Waals surface area contributed by atoms with Crippen molar-refractivity contribution in [2.45, 2.75) is 6.18 Å². The summed E-state index contributed by atoms with van der Waals surface area (Å²) >= 11 is 0. The summed E-state index contributed by atoms with van der Waals surface area (Å²) in [5.41, 5.74) is -0.382. The van der Waals surface area contributed by atoms with Crippen molar-refractivity contribution < 1.29 is 27.5 Å². The summed E-state index contributed by atoms with van der Waals surface area (Å²) in [5.74, 6) is -1.00. The largest absolute Gasteiger partial charge is 0.433 e. The standard InChI is InChI=1S/C19H16F3N5O3/c20-19(21,22)16-3-1-2-14(24-16)17(28)23-12-4-5-27-13(10-12)11-15(25-27)18(29)26-6-8-30-9-7-26/h1-5,10-11H,6-9H2,(H,23,28). The molecule has 0 radical (unpaired) electrons. The number of ether oxygens (including phenoxy) is 1. The van der Waals surface area contributed by atoms with Crippen LogP contribution in [0.25, 0.3) is 5.52 Å². The minimum atomic E-state index is -4.64. The number of nitrogens with zero attached hydrogens (tertiary/aromatic N) is 4. The van der Waals surface area contributed by atoms with Crippen molar-refractivity contribution in [1.82, 2.24) is 19.5 Å². The van der Waals surface area contributed by atoms with Gasteiger partial charge in [-0.2, -0.15) is 18.3 Å². The van der Waals surface area contributed by atoms with Gasteiger partial charge in [0.2, 0.25) is 0 Å². The predicted molar refractivity (Wildman–Crippen MR) is 99.1 cm³/mol. The number of nitrogens with one attached hydrogen (secondary N) is 1. The zero-order chi connectivity index (χ0) is 21.3. The number of pyridine rings is 2. The normalized spacial score (nSPS) is 14.7. The van der Waals surface area contributed by atoms with Crippen molar-refractivity contribution in [1.29, 1.82) is 0 Å². The maximum atomic E-state index is 12.8. The van der Waals surface area contributed by atoms with E-state index in [9.17, 15) is 22.8 Å². The highest BCUT2D eigenvalue weighted by Crippen LogP contribution is 2.27. The van der Waals surface area contributed by atoms with Crippen LogP contribution in [0.4, 0.5) is 18.9 Å². The summed E-state index contributed by atoms with van der Waals surface area (Å²) in [6.45, 7) is 1.91. The summed E-state index contributed by atoms with van der Waals surface area (Å²) in [6.07, 6.45) is -3.10. The summed E-state index contributed by atoms with van der Waals surface area (Å²) in [7, 11) is 0. The maximum absolute atomic E-state index is 12.8. The molecule has 30 heavy (non-hydrogen) atoms. The van der Waals surface area contributed by atoms with E-state index in [0.29, 0.717) is 37.5 Å². The Balaban J connectivity index is 1.52. The van der Waals surface area contributed by atoms with Gasteiger partial charge in [-0.1, -0.05) is 6.07 Å². The van der Waals surface area contributed by atoms with Gasteiger partial charge in [0.25, 0.3) is 11.8 Å². The smallest absolute Gasteiger partial charge is 0.378 e. The van der Waals surface area contributed by atoms with E-state index in [-0.39, 0.29) is 17.3 Å². The number of rotatable bonds is 3. The van der Waals surface area contributed by atoms with E-state index in [1.807, 2.05) is 0 Å². The molecule has 3 aromatic heterocycles. The molecule has 0 atom stereocenters. The molecule has 1 aliphatic heterocycles. The van der Waals surface area contributed by atoms with Gasteiger partial charge in [-0.25, -0.2) is 9.50 Å². The third-order valence-corrected chi connectivity index (χ3v) is 4.51. The number of morpholine rings is 1. The second kappa shape index (κ2) is 7.75.